The van der Waals surface area contributed by atoms with Crippen LogP contribution in [0.25, 0.3) is 0 Å². The average molecular weight is 368 g/mol. The lowest BCUT2D eigenvalue weighted by molar-refractivity contribution is 0.102. The standard InChI is InChI=1S/C18H14ClN5O2/c1-18(6-7-26-17(21)24-18)13-8-12(3-4-14(13)19)23-16(25)15-5-2-11(9-20)10-22-15/h2-8,10H,1H3,(H2,21,24)(H,23,25)/t18-/m0/s1. The van der Waals surface area contributed by atoms with Gasteiger partial charge in [0.25, 0.3) is 11.9 Å². The summed E-state index contributed by atoms with van der Waals surface area (Å²) in [6.45, 7) is 1.83. The number of hydrogen-bond acceptors (Lipinski definition) is 6. The lowest BCUT2D eigenvalue weighted by atomic mass is 9.92. The third-order valence-corrected chi connectivity index (χ3v) is 4.15. The molecular weight excluding hydrogens is 354 g/mol. The Bertz CT molecular complexity index is 963. The van der Waals surface area contributed by atoms with Crippen LogP contribution in [0.5, 0.6) is 0 Å². The highest BCUT2D eigenvalue weighted by Gasteiger charge is 2.29. The van der Waals surface area contributed by atoms with E-state index in [4.69, 9.17) is 27.3 Å². The van der Waals surface area contributed by atoms with Gasteiger partial charge in [-0.2, -0.15) is 5.26 Å². The van der Waals surface area contributed by atoms with Gasteiger partial charge in [-0.3, -0.25) is 4.79 Å². The van der Waals surface area contributed by atoms with E-state index < -0.39 is 11.4 Å². The number of hydrogen-bond donors (Lipinski definition) is 2. The van der Waals surface area contributed by atoms with Gasteiger partial charge in [-0.25, -0.2) is 9.98 Å². The Hall–Kier alpha value is -3.37. The molecule has 3 rings (SSSR count). The predicted octanol–water partition coefficient (Wildman–Crippen LogP) is 2.93. The van der Waals surface area contributed by atoms with E-state index in [0.29, 0.717) is 21.8 Å². The molecule has 0 saturated carbocycles. The Morgan fingerprint density at radius 2 is 2.19 bits per heavy atom. The summed E-state index contributed by atoms with van der Waals surface area (Å²) in [6, 6.07) is 10.1. The van der Waals surface area contributed by atoms with Crippen molar-refractivity contribution in [3.05, 3.63) is 70.7 Å². The van der Waals surface area contributed by atoms with Crippen LogP contribution in [0, 0.1) is 11.3 Å². The highest BCUT2D eigenvalue weighted by atomic mass is 35.5. The summed E-state index contributed by atoms with van der Waals surface area (Å²) in [5.41, 5.74) is 6.59. The number of nitrogens with one attached hydrogen (secondary N) is 1. The minimum Gasteiger partial charge on any atom is -0.434 e. The molecule has 1 aromatic heterocycles. The quantitative estimate of drug-likeness (QED) is 0.865. The molecule has 0 bridgehead atoms. The summed E-state index contributed by atoms with van der Waals surface area (Å²) in [4.78, 5) is 20.6. The van der Waals surface area contributed by atoms with Crippen LogP contribution in [0.15, 0.2) is 53.9 Å². The summed E-state index contributed by atoms with van der Waals surface area (Å²) < 4.78 is 5.01. The maximum absolute atomic E-state index is 12.3. The van der Waals surface area contributed by atoms with E-state index in [0.717, 1.165) is 0 Å². The van der Waals surface area contributed by atoms with Gasteiger partial charge < -0.3 is 15.8 Å². The van der Waals surface area contributed by atoms with Crippen molar-refractivity contribution in [2.75, 3.05) is 5.32 Å². The molecule has 8 heteroatoms. The van der Waals surface area contributed by atoms with Crippen LogP contribution >= 0.6 is 11.6 Å². The number of halogens is 1. The summed E-state index contributed by atoms with van der Waals surface area (Å²) in [7, 11) is 0. The normalized spacial score (nSPS) is 18.4. The maximum Gasteiger partial charge on any atom is 0.288 e. The third-order valence-electron chi connectivity index (χ3n) is 3.82. The Balaban J connectivity index is 1.88. The van der Waals surface area contributed by atoms with E-state index in [2.05, 4.69) is 15.3 Å². The molecule has 26 heavy (non-hydrogen) atoms. The number of anilines is 1. The molecule has 0 radical (unpaired) electrons. The van der Waals surface area contributed by atoms with Crippen molar-refractivity contribution >= 4 is 29.2 Å². The Kier molecular flexibility index (Phi) is 4.61. The van der Waals surface area contributed by atoms with Crippen LogP contribution in [0.2, 0.25) is 5.02 Å². The van der Waals surface area contributed by atoms with Gasteiger partial charge in [0, 0.05) is 22.5 Å². The molecule has 2 heterocycles. The number of nitrogens with zero attached hydrogens (tertiary/aromatic N) is 3. The number of nitrogens with two attached hydrogens (primary N) is 1. The number of nitriles is 1. The van der Waals surface area contributed by atoms with Crippen LogP contribution in [-0.4, -0.2) is 16.9 Å². The van der Waals surface area contributed by atoms with Gasteiger partial charge in [-0.05, 0) is 43.3 Å². The number of rotatable bonds is 3. The number of amides is 1. The molecule has 1 aromatic carbocycles. The Labute approximate surface area is 154 Å². The summed E-state index contributed by atoms with van der Waals surface area (Å²) in [5.74, 6) is -0.404. The number of aliphatic imine (C=N–C) groups is 1. The molecule has 1 atom stereocenters. The highest BCUT2D eigenvalue weighted by molar-refractivity contribution is 6.31. The molecule has 3 N–H and O–H groups in total. The molecule has 0 aliphatic carbocycles. The molecule has 7 nitrogen and oxygen atoms in total. The fourth-order valence-electron chi connectivity index (χ4n) is 2.46. The van der Waals surface area contributed by atoms with Gasteiger partial charge in [0.2, 0.25) is 0 Å². The van der Waals surface area contributed by atoms with Crippen molar-refractivity contribution in [2.24, 2.45) is 10.7 Å². The van der Waals surface area contributed by atoms with E-state index >= 15 is 0 Å². The second-order valence-electron chi connectivity index (χ2n) is 5.71. The smallest absolute Gasteiger partial charge is 0.288 e. The van der Waals surface area contributed by atoms with Crippen LogP contribution in [0.3, 0.4) is 0 Å². The molecule has 1 amide bonds. The molecule has 2 aromatic rings. The lowest BCUT2D eigenvalue weighted by Crippen LogP contribution is -2.27. The maximum atomic E-state index is 12.3. The van der Waals surface area contributed by atoms with E-state index in [1.165, 1.54) is 24.6 Å². The Morgan fingerprint density at radius 3 is 2.85 bits per heavy atom. The van der Waals surface area contributed by atoms with Crippen LogP contribution in [-0.2, 0) is 10.3 Å². The van der Waals surface area contributed by atoms with Crippen molar-refractivity contribution in [1.29, 1.82) is 5.26 Å². The van der Waals surface area contributed by atoms with Gasteiger partial charge >= 0.3 is 0 Å². The first-order valence-electron chi connectivity index (χ1n) is 7.58. The van der Waals surface area contributed by atoms with Gasteiger partial charge in [0.1, 0.15) is 17.3 Å². The van der Waals surface area contributed by atoms with E-state index in [-0.39, 0.29) is 11.7 Å². The number of carbonyl (C=O) groups is 1. The molecule has 1 aliphatic heterocycles. The SMILES string of the molecule is C[C@@]1(c2cc(NC(=O)c3ccc(C#N)cn3)ccc2Cl)C=COC(N)=N1. The second-order valence-corrected chi connectivity index (χ2v) is 6.12. The van der Waals surface area contributed by atoms with Gasteiger partial charge in [0.15, 0.2) is 0 Å². The fraction of sp³-hybridized carbons (Fsp3) is 0.111. The topological polar surface area (TPSA) is 113 Å². The number of aromatic nitrogens is 1. The van der Waals surface area contributed by atoms with E-state index in [9.17, 15) is 4.79 Å². The molecule has 0 fully saturated rings. The van der Waals surface area contributed by atoms with Crippen LogP contribution < -0.4 is 11.1 Å². The van der Waals surface area contributed by atoms with Gasteiger partial charge in [0.05, 0.1) is 11.8 Å². The molecular formula is C18H14ClN5O2. The second kappa shape index (κ2) is 6.86. The number of ether oxygens (including phenoxy) is 1. The summed E-state index contributed by atoms with van der Waals surface area (Å²) >= 11 is 6.31. The largest absolute Gasteiger partial charge is 0.434 e. The van der Waals surface area contributed by atoms with Crippen molar-refractivity contribution in [2.45, 2.75) is 12.5 Å². The van der Waals surface area contributed by atoms with Crippen LogP contribution in [0.1, 0.15) is 28.5 Å². The minimum absolute atomic E-state index is 0.0299. The average Bonchev–Trinajstić information content (AvgIpc) is 2.63. The van der Waals surface area contributed by atoms with E-state index in [1.807, 2.05) is 13.0 Å². The third kappa shape index (κ3) is 3.50. The molecule has 0 unspecified atom stereocenters. The zero-order chi connectivity index (χ0) is 18.7. The zero-order valence-electron chi connectivity index (χ0n) is 13.7. The highest BCUT2D eigenvalue weighted by Crippen LogP contribution is 2.36. The summed E-state index contributed by atoms with van der Waals surface area (Å²) in [5, 5.41) is 12.0. The first-order valence-corrected chi connectivity index (χ1v) is 7.96. The minimum atomic E-state index is -0.813. The first kappa shape index (κ1) is 17.5. The number of carbonyl (C=O) groups excluding carboxylic acids is 1. The number of benzene rings is 1. The predicted molar refractivity (Wildman–Crippen MR) is 97.6 cm³/mol. The van der Waals surface area contributed by atoms with Crippen LogP contribution in [0.4, 0.5) is 5.69 Å². The molecule has 0 saturated heterocycles. The van der Waals surface area contributed by atoms with Crippen molar-refractivity contribution in [1.82, 2.24) is 4.98 Å². The van der Waals surface area contributed by atoms with Gasteiger partial charge in [-0.1, -0.05) is 11.6 Å². The molecule has 0 spiro atoms. The fourth-order valence-corrected chi connectivity index (χ4v) is 2.77. The number of amidine groups is 1. The summed E-state index contributed by atoms with van der Waals surface area (Å²) in [6.07, 6.45) is 4.51. The van der Waals surface area contributed by atoms with E-state index in [1.54, 1.807) is 24.3 Å². The molecule has 130 valence electrons. The van der Waals surface area contributed by atoms with Crippen molar-refractivity contribution in [3.63, 3.8) is 0 Å². The zero-order valence-corrected chi connectivity index (χ0v) is 14.5. The van der Waals surface area contributed by atoms with Gasteiger partial charge in [-0.15, -0.1) is 0 Å². The van der Waals surface area contributed by atoms with Crippen molar-refractivity contribution < 1.29 is 9.53 Å². The van der Waals surface area contributed by atoms with Crippen molar-refractivity contribution in [3.8, 4) is 6.07 Å². The monoisotopic (exact) mass is 367 g/mol. The number of pyridine rings is 1. The molecule has 1 aliphatic rings. The lowest BCUT2D eigenvalue weighted by Gasteiger charge is -2.26. The Morgan fingerprint density at radius 1 is 1.38 bits per heavy atom. The first-order chi connectivity index (χ1) is 12.4.